The first-order valence-corrected chi connectivity index (χ1v) is 8.53. The first-order chi connectivity index (χ1) is 10.5. The number of hydrogen-bond acceptors (Lipinski definition) is 6. The molecule has 0 aliphatic heterocycles. The van der Waals surface area contributed by atoms with Crippen LogP contribution in [0.15, 0.2) is 0 Å². The van der Waals surface area contributed by atoms with Crippen LogP contribution in [0.1, 0.15) is 51.9 Å². The highest BCUT2D eigenvalue weighted by molar-refractivity contribution is 5.85. The zero-order valence-corrected chi connectivity index (χ0v) is 15.0. The number of unbranched alkanes of at least 4 members (excludes halogenated alkanes) is 6. The lowest BCUT2D eigenvalue weighted by atomic mass is 9.83. The zero-order valence-electron chi connectivity index (χ0n) is 14.2. The third kappa shape index (κ3) is 6.82. The van der Waals surface area contributed by atoms with E-state index in [0.29, 0.717) is 6.54 Å². The van der Waals surface area contributed by atoms with E-state index in [1.54, 1.807) is 0 Å². The van der Waals surface area contributed by atoms with Crippen LogP contribution in [0.5, 0.6) is 0 Å². The van der Waals surface area contributed by atoms with Crippen molar-refractivity contribution in [2.75, 3.05) is 13.7 Å². The molecule has 0 amide bonds. The van der Waals surface area contributed by atoms with Crippen LogP contribution in [0.3, 0.4) is 0 Å². The number of aliphatic hydroxyl groups is 4. The Balaban J connectivity index is 0.00000484. The van der Waals surface area contributed by atoms with Crippen LogP contribution in [0, 0.1) is 0 Å². The van der Waals surface area contributed by atoms with Crippen LogP contribution in [0.2, 0.25) is 0 Å². The Morgan fingerprint density at radius 3 is 1.87 bits per heavy atom. The van der Waals surface area contributed by atoms with Crippen LogP contribution in [-0.4, -0.2) is 70.6 Å². The Morgan fingerprint density at radius 1 is 0.783 bits per heavy atom. The summed E-state index contributed by atoms with van der Waals surface area (Å²) < 4.78 is 5.18. The van der Waals surface area contributed by atoms with Gasteiger partial charge < -0.3 is 30.5 Å². The minimum Gasteiger partial charge on any atom is -0.389 e. The molecule has 1 fully saturated rings. The third-order valence-corrected chi connectivity index (χ3v) is 4.54. The highest BCUT2D eigenvalue weighted by atomic mass is 35.5. The van der Waals surface area contributed by atoms with Crippen molar-refractivity contribution in [3.05, 3.63) is 0 Å². The molecule has 140 valence electrons. The fourth-order valence-electron chi connectivity index (χ4n) is 3.09. The van der Waals surface area contributed by atoms with Crippen LogP contribution < -0.4 is 5.32 Å². The van der Waals surface area contributed by atoms with E-state index in [1.807, 2.05) is 0 Å². The molecule has 0 spiro atoms. The van der Waals surface area contributed by atoms with Crippen LogP contribution in [0.4, 0.5) is 0 Å². The Bertz CT molecular complexity index is 298. The van der Waals surface area contributed by atoms with Gasteiger partial charge in [-0.3, -0.25) is 0 Å². The molecule has 0 aromatic heterocycles. The smallest absolute Gasteiger partial charge is 0.111 e. The molecule has 0 radical (unpaired) electrons. The van der Waals surface area contributed by atoms with E-state index in [1.165, 1.54) is 39.2 Å². The fourth-order valence-corrected chi connectivity index (χ4v) is 3.09. The Kier molecular flexibility index (Phi) is 12.4. The van der Waals surface area contributed by atoms with Crippen molar-refractivity contribution in [3.63, 3.8) is 0 Å². The van der Waals surface area contributed by atoms with E-state index in [4.69, 9.17) is 4.74 Å². The molecule has 0 aromatic carbocycles. The summed E-state index contributed by atoms with van der Waals surface area (Å²) in [5, 5.41) is 42.6. The SMILES string of the molecule is CCCCCCCCCN[C@H]1[C@H](O)[C@@H](O)[C@H](O)[C@@H](O)[C@H]1OC.Cl. The quantitative estimate of drug-likeness (QED) is 0.368. The van der Waals surface area contributed by atoms with Gasteiger partial charge in [-0.2, -0.15) is 0 Å². The van der Waals surface area contributed by atoms with Gasteiger partial charge in [-0.25, -0.2) is 0 Å². The molecule has 0 saturated heterocycles. The van der Waals surface area contributed by atoms with E-state index < -0.39 is 36.6 Å². The maximum atomic E-state index is 10.1. The summed E-state index contributed by atoms with van der Waals surface area (Å²) in [5.74, 6) is 0. The lowest BCUT2D eigenvalue weighted by Crippen LogP contribution is -2.68. The lowest BCUT2D eigenvalue weighted by Gasteiger charge is -2.43. The summed E-state index contributed by atoms with van der Waals surface area (Å²) in [6, 6.07) is -0.585. The minimum absolute atomic E-state index is 0. The van der Waals surface area contributed by atoms with Gasteiger partial charge in [-0.05, 0) is 13.0 Å². The highest BCUT2D eigenvalue weighted by Crippen LogP contribution is 2.23. The molecule has 6 nitrogen and oxygen atoms in total. The van der Waals surface area contributed by atoms with E-state index >= 15 is 0 Å². The van der Waals surface area contributed by atoms with E-state index in [2.05, 4.69) is 12.2 Å². The molecule has 0 unspecified atom stereocenters. The third-order valence-electron chi connectivity index (χ3n) is 4.54. The van der Waals surface area contributed by atoms with Gasteiger partial charge in [0.2, 0.25) is 0 Å². The van der Waals surface area contributed by atoms with Crippen molar-refractivity contribution in [2.24, 2.45) is 0 Å². The monoisotopic (exact) mass is 355 g/mol. The molecular formula is C16H34ClNO5. The van der Waals surface area contributed by atoms with Crippen molar-refractivity contribution in [3.8, 4) is 0 Å². The van der Waals surface area contributed by atoms with Crippen molar-refractivity contribution in [2.45, 2.75) is 88.4 Å². The second-order valence-corrected chi connectivity index (χ2v) is 6.26. The second-order valence-electron chi connectivity index (χ2n) is 6.26. The molecule has 0 heterocycles. The number of halogens is 1. The first kappa shape index (κ1) is 23.1. The summed E-state index contributed by atoms with van der Waals surface area (Å²) in [6.45, 7) is 2.89. The van der Waals surface area contributed by atoms with Crippen LogP contribution >= 0.6 is 12.4 Å². The van der Waals surface area contributed by atoms with Gasteiger partial charge in [0.25, 0.3) is 0 Å². The first-order valence-electron chi connectivity index (χ1n) is 8.53. The molecular weight excluding hydrogens is 322 g/mol. The number of ether oxygens (including phenoxy) is 1. The van der Waals surface area contributed by atoms with Gasteiger partial charge in [0.1, 0.15) is 30.5 Å². The lowest BCUT2D eigenvalue weighted by molar-refractivity contribution is -0.197. The molecule has 0 bridgehead atoms. The largest absolute Gasteiger partial charge is 0.389 e. The predicted octanol–water partition coefficient (Wildman–Crippen LogP) is 0.589. The Hall–Kier alpha value is 0.0500. The van der Waals surface area contributed by atoms with Gasteiger partial charge >= 0.3 is 0 Å². The molecule has 1 saturated carbocycles. The highest BCUT2D eigenvalue weighted by Gasteiger charge is 2.48. The Labute approximate surface area is 145 Å². The van der Waals surface area contributed by atoms with Crippen molar-refractivity contribution >= 4 is 12.4 Å². The summed E-state index contributed by atoms with van der Waals surface area (Å²) in [7, 11) is 1.42. The number of aliphatic hydroxyl groups excluding tert-OH is 4. The Morgan fingerprint density at radius 2 is 1.30 bits per heavy atom. The van der Waals surface area contributed by atoms with Gasteiger partial charge in [-0.15, -0.1) is 12.4 Å². The molecule has 0 aromatic rings. The summed E-state index contributed by atoms with van der Waals surface area (Å²) in [5.41, 5.74) is 0. The second kappa shape index (κ2) is 12.4. The maximum absolute atomic E-state index is 10.1. The molecule has 1 rings (SSSR count). The van der Waals surface area contributed by atoms with Crippen LogP contribution in [-0.2, 0) is 4.74 Å². The normalized spacial score (nSPS) is 34.2. The van der Waals surface area contributed by atoms with Crippen LogP contribution in [0.25, 0.3) is 0 Å². The average molecular weight is 356 g/mol. The van der Waals surface area contributed by atoms with E-state index in [-0.39, 0.29) is 12.4 Å². The maximum Gasteiger partial charge on any atom is 0.111 e. The van der Waals surface area contributed by atoms with Gasteiger partial charge in [-0.1, -0.05) is 45.4 Å². The minimum atomic E-state index is -1.39. The van der Waals surface area contributed by atoms with Gasteiger partial charge in [0.15, 0.2) is 0 Å². The molecule has 1 aliphatic rings. The average Bonchev–Trinajstić information content (AvgIpc) is 2.52. The standard InChI is InChI=1S/C16H33NO5.ClH/c1-3-4-5-6-7-8-9-10-17-11-12(18)13(19)14(20)15(21)16(11)22-2;/h11-21H,3-10H2,1-2H3;1H/t11-,12-,13+,14-,15+,16-;/m0./s1. The predicted molar refractivity (Wildman–Crippen MR) is 91.9 cm³/mol. The molecule has 6 atom stereocenters. The van der Waals surface area contributed by atoms with Gasteiger partial charge in [0.05, 0.1) is 6.04 Å². The van der Waals surface area contributed by atoms with Crippen molar-refractivity contribution in [1.82, 2.24) is 5.32 Å². The van der Waals surface area contributed by atoms with Crippen molar-refractivity contribution in [1.29, 1.82) is 0 Å². The number of rotatable bonds is 10. The van der Waals surface area contributed by atoms with Gasteiger partial charge in [0, 0.05) is 7.11 Å². The van der Waals surface area contributed by atoms with Crippen molar-refractivity contribution < 1.29 is 25.2 Å². The fraction of sp³-hybridized carbons (Fsp3) is 1.00. The van der Waals surface area contributed by atoms with E-state index in [0.717, 1.165) is 12.8 Å². The number of methoxy groups -OCH3 is 1. The summed E-state index contributed by atoms with van der Waals surface area (Å²) in [4.78, 5) is 0. The summed E-state index contributed by atoms with van der Waals surface area (Å²) in [6.07, 6.45) is 2.50. The molecule has 1 aliphatic carbocycles. The molecule has 7 heteroatoms. The van der Waals surface area contributed by atoms with E-state index in [9.17, 15) is 20.4 Å². The topological polar surface area (TPSA) is 102 Å². The summed E-state index contributed by atoms with van der Waals surface area (Å²) >= 11 is 0. The zero-order chi connectivity index (χ0) is 16.5. The number of nitrogens with one attached hydrogen (secondary N) is 1. The molecule has 5 N–H and O–H groups in total. The molecule has 23 heavy (non-hydrogen) atoms. The number of hydrogen-bond donors (Lipinski definition) is 5.